The number of amides is 1. The summed E-state index contributed by atoms with van der Waals surface area (Å²) in [6, 6.07) is 11.3. The molecule has 1 N–H and O–H groups in total. The van der Waals surface area contributed by atoms with Gasteiger partial charge in [0.1, 0.15) is 0 Å². The molecule has 25 heavy (non-hydrogen) atoms. The summed E-state index contributed by atoms with van der Waals surface area (Å²) in [6.45, 7) is 3.07. The molecule has 1 unspecified atom stereocenters. The van der Waals surface area contributed by atoms with Crippen LogP contribution in [0.4, 0.5) is 0 Å². The van der Waals surface area contributed by atoms with Crippen LogP contribution in [0.2, 0.25) is 5.02 Å². The average Bonchev–Trinajstić information content (AvgIpc) is 3.45. The highest BCUT2D eigenvalue weighted by molar-refractivity contribution is 8.00. The number of pyridine rings is 1. The lowest BCUT2D eigenvalue weighted by Gasteiger charge is -2.13. The van der Waals surface area contributed by atoms with Crippen molar-refractivity contribution in [2.75, 3.05) is 6.61 Å². The van der Waals surface area contributed by atoms with Crippen molar-refractivity contribution in [3.8, 4) is 5.88 Å². The number of halogens is 1. The molecule has 1 aromatic carbocycles. The quantitative estimate of drug-likeness (QED) is 0.697. The normalized spacial score (nSPS) is 14.8. The molecular formula is C19H21ClN2O2S. The molecule has 1 aromatic heterocycles. The van der Waals surface area contributed by atoms with Crippen molar-refractivity contribution in [1.82, 2.24) is 10.3 Å². The number of aromatic nitrogens is 1. The Labute approximate surface area is 157 Å². The van der Waals surface area contributed by atoms with Crippen LogP contribution in [0.3, 0.4) is 0 Å². The molecule has 1 atom stereocenters. The SMILES string of the molecule is CC(Sc1ccccc1Cl)C(=O)NCc1ccc(OCC2CC2)nc1. The zero-order valence-electron chi connectivity index (χ0n) is 14.1. The predicted molar refractivity (Wildman–Crippen MR) is 101 cm³/mol. The molecule has 6 heteroatoms. The fourth-order valence-corrected chi connectivity index (χ4v) is 3.38. The summed E-state index contributed by atoms with van der Waals surface area (Å²) in [5, 5.41) is 3.37. The smallest absolute Gasteiger partial charge is 0.233 e. The molecule has 1 saturated carbocycles. The van der Waals surface area contributed by atoms with Gasteiger partial charge in [-0.3, -0.25) is 4.79 Å². The molecule has 2 aromatic rings. The molecule has 1 fully saturated rings. The standard InChI is InChI=1S/C19H21ClN2O2S/c1-13(25-17-5-3-2-4-16(17)20)19(23)22-11-15-8-9-18(21-10-15)24-12-14-6-7-14/h2-5,8-10,13-14H,6-7,11-12H2,1H3,(H,22,23). The van der Waals surface area contributed by atoms with Gasteiger partial charge in [-0.25, -0.2) is 4.98 Å². The highest BCUT2D eigenvalue weighted by atomic mass is 35.5. The first-order chi connectivity index (χ1) is 12.1. The van der Waals surface area contributed by atoms with Gasteiger partial charge in [0.15, 0.2) is 0 Å². The summed E-state index contributed by atoms with van der Waals surface area (Å²) in [5.41, 5.74) is 0.946. The van der Waals surface area contributed by atoms with E-state index in [2.05, 4.69) is 10.3 Å². The number of benzene rings is 1. The van der Waals surface area contributed by atoms with E-state index in [1.54, 1.807) is 6.20 Å². The van der Waals surface area contributed by atoms with Gasteiger partial charge < -0.3 is 10.1 Å². The van der Waals surface area contributed by atoms with Crippen LogP contribution in [0, 0.1) is 5.92 Å². The van der Waals surface area contributed by atoms with Gasteiger partial charge >= 0.3 is 0 Å². The summed E-state index contributed by atoms with van der Waals surface area (Å²) in [6.07, 6.45) is 4.26. The van der Waals surface area contributed by atoms with E-state index in [4.69, 9.17) is 16.3 Å². The highest BCUT2D eigenvalue weighted by Gasteiger charge is 2.22. The van der Waals surface area contributed by atoms with Crippen LogP contribution in [0.1, 0.15) is 25.3 Å². The maximum atomic E-state index is 12.3. The number of hydrogen-bond donors (Lipinski definition) is 1. The highest BCUT2D eigenvalue weighted by Crippen LogP contribution is 2.30. The molecule has 1 amide bonds. The van der Waals surface area contributed by atoms with E-state index in [-0.39, 0.29) is 11.2 Å². The number of hydrogen-bond acceptors (Lipinski definition) is 4. The van der Waals surface area contributed by atoms with Crippen LogP contribution in [-0.4, -0.2) is 22.7 Å². The Kier molecular flexibility index (Phi) is 6.21. The first kappa shape index (κ1) is 18.1. The summed E-state index contributed by atoms with van der Waals surface area (Å²) < 4.78 is 5.61. The number of nitrogens with one attached hydrogen (secondary N) is 1. The van der Waals surface area contributed by atoms with Crippen LogP contribution in [0.25, 0.3) is 0 Å². The second-order valence-electron chi connectivity index (χ2n) is 6.17. The van der Waals surface area contributed by atoms with Crippen LogP contribution in [0.15, 0.2) is 47.5 Å². The first-order valence-corrected chi connectivity index (χ1v) is 9.64. The van der Waals surface area contributed by atoms with Crippen molar-refractivity contribution in [3.05, 3.63) is 53.2 Å². The third-order valence-corrected chi connectivity index (χ3v) is 5.56. The number of thioether (sulfide) groups is 1. The Balaban J connectivity index is 1.45. The minimum Gasteiger partial charge on any atom is -0.477 e. The topological polar surface area (TPSA) is 51.2 Å². The van der Waals surface area contributed by atoms with Crippen molar-refractivity contribution in [3.63, 3.8) is 0 Å². The van der Waals surface area contributed by atoms with Gasteiger partial charge in [-0.2, -0.15) is 0 Å². The van der Waals surface area contributed by atoms with Crippen molar-refractivity contribution in [1.29, 1.82) is 0 Å². The Bertz CT molecular complexity index is 720. The summed E-state index contributed by atoms with van der Waals surface area (Å²) in [7, 11) is 0. The molecule has 0 radical (unpaired) electrons. The Morgan fingerprint density at radius 1 is 1.36 bits per heavy atom. The van der Waals surface area contributed by atoms with E-state index >= 15 is 0 Å². The van der Waals surface area contributed by atoms with Gasteiger partial charge in [0, 0.05) is 23.7 Å². The van der Waals surface area contributed by atoms with Crippen LogP contribution in [0.5, 0.6) is 5.88 Å². The van der Waals surface area contributed by atoms with Gasteiger partial charge in [-0.1, -0.05) is 29.8 Å². The van der Waals surface area contributed by atoms with Crippen LogP contribution >= 0.6 is 23.4 Å². The minimum absolute atomic E-state index is 0.0287. The predicted octanol–water partition coefficient (Wildman–Crippen LogP) is 4.32. The van der Waals surface area contributed by atoms with E-state index in [0.29, 0.717) is 23.4 Å². The lowest BCUT2D eigenvalue weighted by molar-refractivity contribution is -0.120. The fraction of sp³-hybridized carbons (Fsp3) is 0.368. The monoisotopic (exact) mass is 376 g/mol. The summed E-state index contributed by atoms with van der Waals surface area (Å²) in [5.74, 6) is 1.32. The molecule has 1 aliphatic carbocycles. The molecule has 1 heterocycles. The number of ether oxygens (including phenoxy) is 1. The molecule has 3 rings (SSSR count). The second-order valence-corrected chi connectivity index (χ2v) is 7.96. The number of carbonyl (C=O) groups excluding carboxylic acids is 1. The molecule has 0 bridgehead atoms. The minimum atomic E-state index is -0.228. The van der Waals surface area contributed by atoms with Crippen molar-refractivity contribution in [2.24, 2.45) is 5.92 Å². The molecule has 0 spiro atoms. The Hall–Kier alpha value is -1.72. The van der Waals surface area contributed by atoms with Gasteiger partial charge in [0.2, 0.25) is 11.8 Å². The largest absolute Gasteiger partial charge is 0.477 e. The Morgan fingerprint density at radius 2 is 2.16 bits per heavy atom. The van der Waals surface area contributed by atoms with E-state index in [1.165, 1.54) is 24.6 Å². The van der Waals surface area contributed by atoms with Gasteiger partial charge in [0.05, 0.1) is 16.9 Å². The molecule has 0 saturated heterocycles. The summed E-state index contributed by atoms with van der Waals surface area (Å²) >= 11 is 7.59. The van der Waals surface area contributed by atoms with Crippen molar-refractivity contribution < 1.29 is 9.53 Å². The summed E-state index contributed by atoms with van der Waals surface area (Å²) in [4.78, 5) is 17.5. The lowest BCUT2D eigenvalue weighted by atomic mass is 10.3. The van der Waals surface area contributed by atoms with Gasteiger partial charge in [-0.15, -0.1) is 11.8 Å². The number of carbonyl (C=O) groups is 1. The van der Waals surface area contributed by atoms with E-state index < -0.39 is 0 Å². The zero-order chi connectivity index (χ0) is 17.6. The van der Waals surface area contributed by atoms with Crippen LogP contribution in [-0.2, 0) is 11.3 Å². The third-order valence-electron chi connectivity index (χ3n) is 3.94. The van der Waals surface area contributed by atoms with Crippen molar-refractivity contribution >= 4 is 29.3 Å². The maximum Gasteiger partial charge on any atom is 0.233 e. The average molecular weight is 377 g/mol. The Morgan fingerprint density at radius 3 is 2.84 bits per heavy atom. The molecular weight excluding hydrogens is 356 g/mol. The molecule has 4 nitrogen and oxygen atoms in total. The number of nitrogens with zero attached hydrogens (tertiary/aromatic N) is 1. The van der Waals surface area contributed by atoms with Crippen LogP contribution < -0.4 is 10.1 Å². The third kappa shape index (κ3) is 5.65. The van der Waals surface area contributed by atoms with E-state index in [1.807, 2.05) is 43.3 Å². The fourth-order valence-electron chi connectivity index (χ4n) is 2.21. The van der Waals surface area contributed by atoms with Gasteiger partial charge in [-0.05, 0) is 43.4 Å². The molecule has 1 aliphatic rings. The molecule has 132 valence electrons. The maximum absolute atomic E-state index is 12.3. The molecule has 0 aliphatic heterocycles. The number of rotatable bonds is 8. The van der Waals surface area contributed by atoms with E-state index in [9.17, 15) is 4.79 Å². The first-order valence-electron chi connectivity index (χ1n) is 8.38. The van der Waals surface area contributed by atoms with Crippen molar-refractivity contribution in [2.45, 2.75) is 36.5 Å². The van der Waals surface area contributed by atoms with E-state index in [0.717, 1.165) is 17.1 Å². The second kappa shape index (κ2) is 8.59. The van der Waals surface area contributed by atoms with Gasteiger partial charge in [0.25, 0.3) is 0 Å². The lowest BCUT2D eigenvalue weighted by Crippen LogP contribution is -2.30. The zero-order valence-corrected chi connectivity index (χ0v) is 15.6.